The third-order valence-electron chi connectivity index (χ3n) is 5.80. The van der Waals surface area contributed by atoms with Gasteiger partial charge in [0.1, 0.15) is 0 Å². The van der Waals surface area contributed by atoms with Crippen LogP contribution < -0.4 is 5.32 Å². The average molecular weight is 267 g/mol. The van der Waals surface area contributed by atoms with E-state index in [2.05, 4.69) is 18.5 Å². The first-order valence-electron chi connectivity index (χ1n) is 7.98. The van der Waals surface area contributed by atoms with E-state index in [9.17, 15) is 0 Å². The molecule has 104 valence electrons. The standard InChI is InChI=1S/C16H29NS/c1-3-4-17-15(11-18-2)16-8-12-5-13(9-16)7-14(6-12)10-16/h12-15,17H,3-11H2,1-2H3. The van der Waals surface area contributed by atoms with Gasteiger partial charge in [-0.3, -0.25) is 0 Å². The maximum absolute atomic E-state index is 3.91. The Morgan fingerprint density at radius 3 is 2.11 bits per heavy atom. The smallest absolute Gasteiger partial charge is 0.0214 e. The van der Waals surface area contributed by atoms with Crippen LogP contribution in [0.3, 0.4) is 0 Å². The molecule has 0 aromatic carbocycles. The number of thioether (sulfide) groups is 1. The molecule has 1 nitrogen and oxygen atoms in total. The molecule has 4 bridgehead atoms. The number of hydrogen-bond donors (Lipinski definition) is 1. The lowest BCUT2D eigenvalue weighted by atomic mass is 9.48. The molecule has 4 aliphatic rings. The van der Waals surface area contributed by atoms with Gasteiger partial charge in [-0.2, -0.15) is 11.8 Å². The van der Waals surface area contributed by atoms with Crippen LogP contribution in [0.1, 0.15) is 51.9 Å². The van der Waals surface area contributed by atoms with Crippen molar-refractivity contribution in [3.63, 3.8) is 0 Å². The summed E-state index contributed by atoms with van der Waals surface area (Å²) in [4.78, 5) is 0. The minimum absolute atomic E-state index is 0.687. The van der Waals surface area contributed by atoms with E-state index in [0.29, 0.717) is 5.41 Å². The highest BCUT2D eigenvalue weighted by Crippen LogP contribution is 2.61. The van der Waals surface area contributed by atoms with E-state index in [4.69, 9.17) is 0 Å². The zero-order valence-corrected chi connectivity index (χ0v) is 12.9. The summed E-state index contributed by atoms with van der Waals surface area (Å²) in [5.74, 6) is 4.59. The zero-order chi connectivity index (χ0) is 12.6. The first-order chi connectivity index (χ1) is 8.75. The molecule has 0 heterocycles. The quantitative estimate of drug-likeness (QED) is 0.782. The van der Waals surface area contributed by atoms with Gasteiger partial charge in [-0.15, -0.1) is 0 Å². The van der Waals surface area contributed by atoms with Gasteiger partial charge < -0.3 is 5.32 Å². The third-order valence-corrected chi connectivity index (χ3v) is 6.47. The Morgan fingerprint density at radius 1 is 1.11 bits per heavy atom. The predicted molar refractivity (Wildman–Crippen MR) is 81.1 cm³/mol. The molecule has 0 spiro atoms. The van der Waals surface area contributed by atoms with E-state index in [1.54, 1.807) is 38.5 Å². The maximum Gasteiger partial charge on any atom is 0.0214 e. The average Bonchev–Trinajstić information content (AvgIpc) is 2.32. The first kappa shape index (κ1) is 13.3. The Labute approximate surface area is 117 Å². The molecule has 0 saturated heterocycles. The van der Waals surface area contributed by atoms with Crippen molar-refractivity contribution in [2.45, 2.75) is 57.9 Å². The van der Waals surface area contributed by atoms with Crippen molar-refractivity contribution in [2.24, 2.45) is 23.2 Å². The summed E-state index contributed by atoms with van der Waals surface area (Å²) in [6.07, 6.45) is 12.9. The zero-order valence-electron chi connectivity index (χ0n) is 12.1. The molecule has 4 saturated carbocycles. The summed E-state index contributed by atoms with van der Waals surface area (Å²) >= 11 is 2.05. The molecule has 1 unspecified atom stereocenters. The SMILES string of the molecule is CCCNC(CSC)C12CC3CC(CC(C3)C1)C2. The molecule has 0 amide bonds. The predicted octanol–water partition coefficient (Wildman–Crippen LogP) is 3.93. The van der Waals surface area contributed by atoms with E-state index < -0.39 is 0 Å². The van der Waals surface area contributed by atoms with Gasteiger partial charge in [0.15, 0.2) is 0 Å². The minimum Gasteiger partial charge on any atom is -0.313 e. The van der Waals surface area contributed by atoms with Crippen molar-refractivity contribution >= 4 is 11.8 Å². The summed E-state index contributed by atoms with van der Waals surface area (Å²) in [7, 11) is 0. The van der Waals surface area contributed by atoms with Gasteiger partial charge in [-0.1, -0.05) is 6.92 Å². The van der Waals surface area contributed by atoms with Crippen molar-refractivity contribution in [1.82, 2.24) is 5.32 Å². The lowest BCUT2D eigenvalue weighted by Gasteiger charge is -2.59. The minimum atomic E-state index is 0.687. The molecule has 1 atom stereocenters. The molecular formula is C16H29NS. The second kappa shape index (κ2) is 5.36. The second-order valence-electron chi connectivity index (χ2n) is 7.24. The van der Waals surface area contributed by atoms with Crippen LogP contribution >= 0.6 is 11.8 Å². The number of hydrogen-bond acceptors (Lipinski definition) is 2. The molecule has 0 aliphatic heterocycles. The highest BCUT2D eigenvalue weighted by atomic mass is 32.2. The first-order valence-corrected chi connectivity index (χ1v) is 9.37. The lowest BCUT2D eigenvalue weighted by Crippen LogP contribution is -2.57. The molecule has 4 aliphatic carbocycles. The van der Waals surface area contributed by atoms with E-state index in [0.717, 1.165) is 23.8 Å². The van der Waals surface area contributed by atoms with Crippen molar-refractivity contribution < 1.29 is 0 Å². The second-order valence-corrected chi connectivity index (χ2v) is 8.15. The summed E-state index contributed by atoms with van der Waals surface area (Å²) in [6, 6.07) is 0.792. The fraction of sp³-hybridized carbons (Fsp3) is 1.00. The Hall–Kier alpha value is 0.310. The Kier molecular flexibility index (Phi) is 3.96. The van der Waals surface area contributed by atoms with Crippen LogP contribution in [-0.4, -0.2) is 24.6 Å². The van der Waals surface area contributed by atoms with Crippen molar-refractivity contribution in [1.29, 1.82) is 0 Å². The van der Waals surface area contributed by atoms with E-state index in [-0.39, 0.29) is 0 Å². The third kappa shape index (κ3) is 2.35. The molecular weight excluding hydrogens is 238 g/mol. The Morgan fingerprint density at radius 2 is 1.67 bits per heavy atom. The van der Waals surface area contributed by atoms with Crippen LogP contribution in [0.5, 0.6) is 0 Å². The monoisotopic (exact) mass is 267 g/mol. The van der Waals surface area contributed by atoms with Crippen LogP contribution in [-0.2, 0) is 0 Å². The van der Waals surface area contributed by atoms with E-state index in [1.165, 1.54) is 18.7 Å². The van der Waals surface area contributed by atoms with Crippen molar-refractivity contribution in [2.75, 3.05) is 18.6 Å². The molecule has 0 aromatic heterocycles. The summed E-state index contributed by atoms with van der Waals surface area (Å²) in [6.45, 7) is 3.51. The van der Waals surface area contributed by atoms with Crippen LogP contribution in [0, 0.1) is 23.2 Å². The molecule has 1 N–H and O–H groups in total. The fourth-order valence-electron chi connectivity index (χ4n) is 5.54. The lowest BCUT2D eigenvalue weighted by molar-refractivity contribution is -0.0693. The van der Waals surface area contributed by atoms with Crippen LogP contribution in [0.4, 0.5) is 0 Å². The fourth-order valence-corrected chi connectivity index (χ4v) is 6.35. The van der Waals surface area contributed by atoms with Crippen LogP contribution in [0.15, 0.2) is 0 Å². The normalized spacial score (nSPS) is 43.3. The summed E-state index contributed by atoms with van der Waals surface area (Å²) in [5, 5.41) is 3.91. The number of rotatable bonds is 6. The topological polar surface area (TPSA) is 12.0 Å². The van der Waals surface area contributed by atoms with Gasteiger partial charge in [-0.05, 0) is 80.9 Å². The van der Waals surface area contributed by atoms with Gasteiger partial charge in [0, 0.05) is 11.8 Å². The van der Waals surface area contributed by atoms with Crippen LogP contribution in [0.2, 0.25) is 0 Å². The largest absolute Gasteiger partial charge is 0.313 e. The maximum atomic E-state index is 3.91. The molecule has 0 radical (unpaired) electrons. The molecule has 4 rings (SSSR count). The van der Waals surface area contributed by atoms with Crippen molar-refractivity contribution in [3.05, 3.63) is 0 Å². The molecule has 0 aromatic rings. The van der Waals surface area contributed by atoms with Gasteiger partial charge in [0.05, 0.1) is 0 Å². The van der Waals surface area contributed by atoms with Gasteiger partial charge in [-0.25, -0.2) is 0 Å². The molecule has 4 fully saturated rings. The molecule has 2 heteroatoms. The van der Waals surface area contributed by atoms with Crippen molar-refractivity contribution in [3.8, 4) is 0 Å². The number of nitrogens with one attached hydrogen (secondary N) is 1. The highest BCUT2D eigenvalue weighted by molar-refractivity contribution is 7.98. The van der Waals surface area contributed by atoms with Gasteiger partial charge >= 0.3 is 0 Å². The van der Waals surface area contributed by atoms with E-state index >= 15 is 0 Å². The van der Waals surface area contributed by atoms with Gasteiger partial charge in [0.2, 0.25) is 0 Å². The summed E-state index contributed by atoms with van der Waals surface area (Å²) in [5.41, 5.74) is 0.687. The van der Waals surface area contributed by atoms with Gasteiger partial charge in [0.25, 0.3) is 0 Å². The van der Waals surface area contributed by atoms with E-state index in [1.807, 2.05) is 11.8 Å². The summed E-state index contributed by atoms with van der Waals surface area (Å²) < 4.78 is 0. The molecule has 18 heavy (non-hydrogen) atoms. The Bertz CT molecular complexity index is 254. The van der Waals surface area contributed by atoms with Crippen LogP contribution in [0.25, 0.3) is 0 Å². The highest BCUT2D eigenvalue weighted by Gasteiger charge is 2.53. The Balaban J connectivity index is 1.75.